The van der Waals surface area contributed by atoms with E-state index in [9.17, 15) is 15.0 Å². The zero-order chi connectivity index (χ0) is 17.0. The summed E-state index contributed by atoms with van der Waals surface area (Å²) in [7, 11) is 1.56. The average molecular weight is 333 g/mol. The third-order valence-corrected chi connectivity index (χ3v) is 4.80. The summed E-state index contributed by atoms with van der Waals surface area (Å²) in [4.78, 5) is 12.0. The lowest BCUT2D eigenvalue weighted by Gasteiger charge is -2.21. The Labute approximate surface area is 139 Å². The average Bonchev–Trinajstić information content (AvgIpc) is 2.55. The van der Waals surface area contributed by atoms with Crippen LogP contribution in [0.1, 0.15) is 16.4 Å². The summed E-state index contributed by atoms with van der Waals surface area (Å²) >= 11 is 1.24. The van der Waals surface area contributed by atoms with E-state index in [1.807, 2.05) is 19.1 Å². The molecule has 0 aliphatic carbocycles. The fourth-order valence-corrected chi connectivity index (χ4v) is 3.39. The van der Waals surface area contributed by atoms with Gasteiger partial charge in [-0.2, -0.15) is 0 Å². The molecule has 0 aliphatic heterocycles. The summed E-state index contributed by atoms with van der Waals surface area (Å²) in [5.74, 6) is -0.609. The number of anilines is 1. The molecule has 0 spiro atoms. The first-order valence-electron chi connectivity index (χ1n) is 7.00. The summed E-state index contributed by atoms with van der Waals surface area (Å²) < 4.78 is 5.10. The molecule has 2 aromatic rings. The van der Waals surface area contributed by atoms with E-state index in [2.05, 4.69) is 0 Å². The summed E-state index contributed by atoms with van der Waals surface area (Å²) in [6, 6.07) is 12.5. The minimum atomic E-state index is -1.55. The third kappa shape index (κ3) is 4.18. The van der Waals surface area contributed by atoms with Crippen LogP contribution in [-0.4, -0.2) is 29.4 Å². The largest absolute Gasteiger partial charge is 0.497 e. The van der Waals surface area contributed by atoms with Crippen LogP contribution in [0.4, 0.5) is 5.69 Å². The molecule has 0 aromatic heterocycles. The molecule has 5 nitrogen and oxygen atoms in total. The number of aryl methyl sites for hydroxylation is 1. The van der Waals surface area contributed by atoms with Gasteiger partial charge in [0.2, 0.25) is 0 Å². The molecule has 0 amide bonds. The van der Waals surface area contributed by atoms with Crippen molar-refractivity contribution in [3.05, 3.63) is 53.6 Å². The van der Waals surface area contributed by atoms with E-state index in [0.717, 1.165) is 10.5 Å². The number of carbonyl (C=O) groups is 1. The highest BCUT2D eigenvalue weighted by molar-refractivity contribution is 7.99. The number of aliphatic hydroxyl groups is 1. The highest BCUT2D eigenvalue weighted by Crippen LogP contribution is 2.41. The summed E-state index contributed by atoms with van der Waals surface area (Å²) in [6.07, 6.45) is -1.55. The molecule has 0 saturated carbocycles. The molecular weight excluding hydrogens is 314 g/mol. The first-order valence-corrected chi connectivity index (χ1v) is 7.88. The van der Waals surface area contributed by atoms with E-state index in [1.54, 1.807) is 37.4 Å². The van der Waals surface area contributed by atoms with Crippen LogP contribution in [0.15, 0.2) is 47.4 Å². The van der Waals surface area contributed by atoms with Crippen LogP contribution in [0.2, 0.25) is 0 Å². The smallest absolute Gasteiger partial charge is 0.334 e. The number of aliphatic carboxylic acids is 1. The Balaban J connectivity index is 2.37. The number of ether oxygens (including phenoxy) is 1. The fourth-order valence-electron chi connectivity index (χ4n) is 2.12. The zero-order valence-electron chi connectivity index (χ0n) is 12.9. The minimum absolute atomic E-state index is 0.553. The number of aliphatic hydroxyl groups excluding tert-OH is 1. The SMILES string of the molecule is COc1ccc([C@@H](Sc2cc(C)ccc2N)[C@H](O)C(=O)O)cc1. The van der Waals surface area contributed by atoms with Gasteiger partial charge in [-0.15, -0.1) is 11.8 Å². The van der Waals surface area contributed by atoms with E-state index < -0.39 is 17.3 Å². The molecule has 0 bridgehead atoms. The van der Waals surface area contributed by atoms with Crippen LogP contribution in [0.25, 0.3) is 0 Å². The zero-order valence-corrected chi connectivity index (χ0v) is 13.7. The van der Waals surface area contributed by atoms with Gasteiger partial charge in [0.25, 0.3) is 0 Å². The van der Waals surface area contributed by atoms with Gasteiger partial charge < -0.3 is 20.7 Å². The number of nitrogens with two attached hydrogens (primary N) is 1. The third-order valence-electron chi connectivity index (χ3n) is 3.41. The Morgan fingerprint density at radius 3 is 2.43 bits per heavy atom. The molecule has 2 atom stereocenters. The second kappa shape index (κ2) is 7.39. The number of methoxy groups -OCH3 is 1. The number of nitrogen functional groups attached to an aromatic ring is 1. The Bertz CT molecular complexity index is 687. The highest BCUT2D eigenvalue weighted by Gasteiger charge is 2.29. The second-order valence-corrected chi connectivity index (χ2v) is 6.32. The summed E-state index contributed by atoms with van der Waals surface area (Å²) in [6.45, 7) is 1.93. The lowest BCUT2D eigenvalue weighted by molar-refractivity contribution is -0.146. The molecule has 0 unspecified atom stereocenters. The maximum absolute atomic E-state index is 11.3. The van der Waals surface area contributed by atoms with Crippen LogP contribution in [0.5, 0.6) is 5.75 Å². The maximum atomic E-state index is 11.3. The molecule has 2 rings (SSSR count). The van der Waals surface area contributed by atoms with Gasteiger partial charge in [-0.05, 0) is 42.3 Å². The number of benzene rings is 2. The first-order chi connectivity index (χ1) is 10.9. The summed E-state index contributed by atoms with van der Waals surface area (Å²) in [5, 5.41) is 18.6. The van der Waals surface area contributed by atoms with Crippen LogP contribution >= 0.6 is 11.8 Å². The van der Waals surface area contributed by atoms with Crippen molar-refractivity contribution < 1.29 is 19.7 Å². The standard InChI is InChI=1S/C17H19NO4S/c1-10-3-8-13(18)14(9-10)23-16(15(19)17(20)21)11-4-6-12(22-2)7-5-11/h3-9,15-16,19H,18H2,1-2H3,(H,20,21)/t15-,16+/m0/s1. The number of carboxylic acid groups (broad SMARTS) is 1. The van der Waals surface area contributed by atoms with Crippen molar-refractivity contribution in [1.29, 1.82) is 0 Å². The molecule has 0 saturated heterocycles. The quantitative estimate of drug-likeness (QED) is 0.556. The molecule has 122 valence electrons. The van der Waals surface area contributed by atoms with Crippen molar-refractivity contribution in [3.8, 4) is 5.75 Å². The van der Waals surface area contributed by atoms with Gasteiger partial charge in [0, 0.05) is 10.6 Å². The van der Waals surface area contributed by atoms with E-state index in [0.29, 0.717) is 17.0 Å². The first kappa shape index (κ1) is 17.2. The molecule has 4 N–H and O–H groups in total. The lowest BCUT2D eigenvalue weighted by Crippen LogP contribution is -2.26. The predicted molar refractivity (Wildman–Crippen MR) is 90.8 cm³/mol. The number of rotatable bonds is 6. The van der Waals surface area contributed by atoms with Gasteiger partial charge in [0.05, 0.1) is 12.4 Å². The van der Waals surface area contributed by atoms with Gasteiger partial charge in [0.15, 0.2) is 6.10 Å². The summed E-state index contributed by atoms with van der Waals surface area (Å²) in [5.41, 5.74) is 8.22. The molecule has 0 heterocycles. The molecule has 23 heavy (non-hydrogen) atoms. The number of thioether (sulfide) groups is 1. The van der Waals surface area contributed by atoms with Crippen LogP contribution < -0.4 is 10.5 Å². The van der Waals surface area contributed by atoms with Crippen molar-refractivity contribution in [1.82, 2.24) is 0 Å². The normalized spacial score (nSPS) is 13.3. The molecule has 6 heteroatoms. The maximum Gasteiger partial charge on any atom is 0.334 e. The van der Waals surface area contributed by atoms with Crippen molar-refractivity contribution in [2.45, 2.75) is 23.2 Å². The van der Waals surface area contributed by atoms with Gasteiger partial charge in [0.1, 0.15) is 5.75 Å². The van der Waals surface area contributed by atoms with Crippen molar-refractivity contribution in [2.75, 3.05) is 12.8 Å². The Kier molecular flexibility index (Phi) is 5.52. The van der Waals surface area contributed by atoms with Gasteiger partial charge in [-0.25, -0.2) is 4.79 Å². The predicted octanol–water partition coefficient (Wildman–Crippen LogP) is 2.86. The molecular formula is C17H19NO4S. The molecule has 2 aromatic carbocycles. The molecule has 0 fully saturated rings. The van der Waals surface area contributed by atoms with Crippen LogP contribution in [0, 0.1) is 6.92 Å². The van der Waals surface area contributed by atoms with Gasteiger partial charge in [-0.3, -0.25) is 0 Å². The molecule has 0 aliphatic rings. The Hall–Kier alpha value is -2.18. The van der Waals surface area contributed by atoms with Crippen molar-refractivity contribution in [2.24, 2.45) is 0 Å². The fraction of sp³-hybridized carbons (Fsp3) is 0.235. The Morgan fingerprint density at radius 1 is 1.22 bits per heavy atom. The number of hydrogen-bond donors (Lipinski definition) is 3. The topological polar surface area (TPSA) is 92.8 Å². The second-order valence-electron chi connectivity index (χ2n) is 5.14. The van der Waals surface area contributed by atoms with Gasteiger partial charge >= 0.3 is 5.97 Å². The lowest BCUT2D eigenvalue weighted by atomic mass is 10.1. The molecule has 0 radical (unpaired) electrons. The van der Waals surface area contributed by atoms with Crippen molar-refractivity contribution in [3.63, 3.8) is 0 Å². The number of carboxylic acids is 1. The van der Waals surface area contributed by atoms with E-state index in [1.165, 1.54) is 11.8 Å². The van der Waals surface area contributed by atoms with Gasteiger partial charge in [-0.1, -0.05) is 18.2 Å². The van der Waals surface area contributed by atoms with E-state index in [-0.39, 0.29) is 0 Å². The van der Waals surface area contributed by atoms with Crippen molar-refractivity contribution >= 4 is 23.4 Å². The van der Waals surface area contributed by atoms with E-state index in [4.69, 9.17) is 10.5 Å². The number of hydrogen-bond acceptors (Lipinski definition) is 5. The van der Waals surface area contributed by atoms with Crippen LogP contribution in [-0.2, 0) is 4.79 Å². The van der Waals surface area contributed by atoms with Crippen LogP contribution in [0.3, 0.4) is 0 Å². The highest BCUT2D eigenvalue weighted by atomic mass is 32.2. The minimum Gasteiger partial charge on any atom is -0.497 e. The Morgan fingerprint density at radius 2 is 1.87 bits per heavy atom. The monoisotopic (exact) mass is 333 g/mol. The van der Waals surface area contributed by atoms with E-state index >= 15 is 0 Å².